The lowest BCUT2D eigenvalue weighted by molar-refractivity contribution is -0.138. The zero-order valence-electron chi connectivity index (χ0n) is 12.7. The van der Waals surface area contributed by atoms with Gasteiger partial charge in [-0.05, 0) is 30.9 Å². The van der Waals surface area contributed by atoms with Crippen molar-refractivity contribution < 1.29 is 9.53 Å². The number of likely N-dealkylation sites (tertiary alicyclic amines) is 1. The summed E-state index contributed by atoms with van der Waals surface area (Å²) < 4.78 is 4.94. The van der Waals surface area contributed by atoms with Gasteiger partial charge < -0.3 is 4.74 Å². The molecule has 0 bridgehead atoms. The molecule has 1 saturated heterocycles. The van der Waals surface area contributed by atoms with E-state index in [-0.39, 0.29) is 18.0 Å². The van der Waals surface area contributed by atoms with E-state index in [0.29, 0.717) is 6.61 Å². The third kappa shape index (κ3) is 4.87. The average molecular weight is 321 g/mol. The number of carbonyl (C=O) groups is 1. The predicted molar refractivity (Wildman–Crippen MR) is 87.5 cm³/mol. The lowest BCUT2D eigenvalue weighted by atomic mass is 9.98. The van der Waals surface area contributed by atoms with Crippen LogP contribution in [0.2, 0.25) is 0 Å². The van der Waals surface area contributed by atoms with Crippen molar-refractivity contribution >= 4 is 18.4 Å². The zero-order chi connectivity index (χ0) is 15.1. The van der Waals surface area contributed by atoms with Crippen molar-refractivity contribution in [1.82, 2.24) is 4.90 Å². The second kappa shape index (κ2) is 9.24. The molecule has 1 fully saturated rings. The topological polar surface area (TPSA) is 53.3 Å². The fourth-order valence-corrected chi connectivity index (χ4v) is 2.54. The minimum Gasteiger partial charge on any atom is -0.462 e. The van der Waals surface area contributed by atoms with Crippen molar-refractivity contribution in [3.8, 4) is 6.07 Å². The third-order valence-electron chi connectivity index (χ3n) is 3.65. The van der Waals surface area contributed by atoms with Gasteiger partial charge in [-0.3, -0.25) is 4.90 Å². The molecule has 1 aliphatic rings. The van der Waals surface area contributed by atoms with Crippen LogP contribution in [0.5, 0.6) is 0 Å². The van der Waals surface area contributed by atoms with Crippen molar-refractivity contribution in [3.63, 3.8) is 0 Å². The van der Waals surface area contributed by atoms with Gasteiger partial charge in [-0.1, -0.05) is 30.3 Å². The molecule has 5 heteroatoms. The van der Waals surface area contributed by atoms with E-state index in [0.717, 1.165) is 38.0 Å². The Kier molecular flexibility index (Phi) is 7.65. The molecule has 4 nitrogen and oxygen atoms in total. The maximum absolute atomic E-state index is 11.7. The molecule has 1 aliphatic heterocycles. The van der Waals surface area contributed by atoms with E-state index in [1.807, 2.05) is 24.3 Å². The molecule has 1 aromatic carbocycles. The van der Waals surface area contributed by atoms with E-state index in [4.69, 9.17) is 10.00 Å². The first kappa shape index (κ1) is 18.2. The summed E-state index contributed by atoms with van der Waals surface area (Å²) in [4.78, 5) is 14.1. The minimum absolute atomic E-state index is 0. The Labute approximate surface area is 137 Å². The van der Waals surface area contributed by atoms with Gasteiger partial charge in [-0.2, -0.15) is 5.26 Å². The summed E-state index contributed by atoms with van der Waals surface area (Å²) in [5, 5.41) is 9.15. The Morgan fingerprint density at radius 1 is 1.27 bits per heavy atom. The van der Waals surface area contributed by atoms with Crippen molar-refractivity contribution in [2.45, 2.75) is 26.3 Å². The van der Waals surface area contributed by atoms with Crippen LogP contribution in [0.3, 0.4) is 0 Å². The molecule has 118 valence electrons. The molecule has 0 aliphatic carbocycles. The van der Waals surface area contributed by atoms with Gasteiger partial charge in [0, 0.05) is 19.6 Å². The zero-order valence-corrected chi connectivity index (χ0v) is 13.6. The average Bonchev–Trinajstić information content (AvgIpc) is 2.51. The third-order valence-corrected chi connectivity index (χ3v) is 3.65. The minimum atomic E-state index is -0.480. The summed E-state index contributed by atoms with van der Waals surface area (Å²) in [6.45, 7) is 4.70. The Morgan fingerprint density at radius 3 is 2.45 bits per heavy atom. The van der Waals surface area contributed by atoms with Gasteiger partial charge in [-0.15, -0.1) is 12.4 Å². The summed E-state index contributed by atoms with van der Waals surface area (Å²) >= 11 is 0. The van der Waals surface area contributed by atoms with Crippen molar-refractivity contribution in [2.75, 3.05) is 19.7 Å². The largest absolute Gasteiger partial charge is 0.462 e. The lowest BCUT2D eigenvalue weighted by Gasteiger charge is -2.28. The summed E-state index contributed by atoms with van der Waals surface area (Å²) in [7, 11) is 0. The molecular weight excluding hydrogens is 300 g/mol. The van der Waals surface area contributed by atoms with Gasteiger partial charge in [0.2, 0.25) is 0 Å². The first-order chi connectivity index (χ1) is 10.2. The van der Waals surface area contributed by atoms with Crippen LogP contribution in [0.1, 0.15) is 25.3 Å². The number of rotatable bonds is 4. The van der Waals surface area contributed by atoms with Crippen LogP contribution in [0, 0.1) is 11.3 Å². The number of hydrogen-bond acceptors (Lipinski definition) is 4. The molecule has 22 heavy (non-hydrogen) atoms. The van der Waals surface area contributed by atoms with E-state index in [1.54, 1.807) is 6.92 Å². The number of halogens is 1. The summed E-state index contributed by atoms with van der Waals surface area (Å²) in [5.41, 5.74) is 2.42. The van der Waals surface area contributed by atoms with Gasteiger partial charge in [-0.25, -0.2) is 4.79 Å². The van der Waals surface area contributed by atoms with Gasteiger partial charge in [0.1, 0.15) is 11.6 Å². The Morgan fingerprint density at radius 2 is 1.91 bits per heavy atom. The fraction of sp³-hybridized carbons (Fsp3) is 0.412. The molecule has 0 saturated carbocycles. The van der Waals surface area contributed by atoms with Crippen LogP contribution in [-0.4, -0.2) is 30.6 Å². The first-order valence-corrected chi connectivity index (χ1v) is 7.30. The van der Waals surface area contributed by atoms with E-state index in [1.165, 1.54) is 5.56 Å². The number of nitriles is 1. The molecule has 1 heterocycles. The number of benzene rings is 1. The standard InChI is InChI=1S/C17H20N2O2.ClH/c1-2-21-17(20)16(12-18)15-8-10-19(11-9-15)13-14-6-4-3-5-7-14;/h3-7H,2,8-11,13H2,1H3;1H. The van der Waals surface area contributed by atoms with Crippen LogP contribution in [0.15, 0.2) is 41.5 Å². The van der Waals surface area contributed by atoms with Gasteiger partial charge in [0.05, 0.1) is 6.61 Å². The van der Waals surface area contributed by atoms with Crippen LogP contribution in [0.25, 0.3) is 0 Å². The van der Waals surface area contributed by atoms with Crippen molar-refractivity contribution in [2.24, 2.45) is 0 Å². The number of carbonyl (C=O) groups excluding carboxylic acids is 1. The monoisotopic (exact) mass is 320 g/mol. The number of piperidine rings is 1. The summed E-state index contributed by atoms with van der Waals surface area (Å²) in [6, 6.07) is 12.3. The van der Waals surface area contributed by atoms with E-state index in [2.05, 4.69) is 17.0 Å². The molecule has 0 atom stereocenters. The smallest absolute Gasteiger partial charge is 0.348 e. The van der Waals surface area contributed by atoms with Gasteiger partial charge >= 0.3 is 5.97 Å². The summed E-state index contributed by atoms with van der Waals surface area (Å²) in [5.74, 6) is -0.480. The maximum atomic E-state index is 11.7. The number of ether oxygens (including phenoxy) is 1. The number of hydrogen-bond donors (Lipinski definition) is 0. The lowest BCUT2D eigenvalue weighted by Crippen LogP contribution is -2.31. The van der Waals surface area contributed by atoms with Gasteiger partial charge in [0.15, 0.2) is 0 Å². The molecule has 0 spiro atoms. The second-order valence-corrected chi connectivity index (χ2v) is 5.07. The highest BCUT2D eigenvalue weighted by Gasteiger charge is 2.21. The normalized spacial score (nSPS) is 14.6. The number of esters is 1. The van der Waals surface area contributed by atoms with Gasteiger partial charge in [0.25, 0.3) is 0 Å². The maximum Gasteiger partial charge on any atom is 0.348 e. The highest BCUT2D eigenvalue weighted by atomic mass is 35.5. The molecule has 2 rings (SSSR count). The van der Waals surface area contributed by atoms with Crippen molar-refractivity contribution in [3.05, 3.63) is 47.0 Å². The highest BCUT2D eigenvalue weighted by molar-refractivity contribution is 5.93. The summed E-state index contributed by atoms with van der Waals surface area (Å²) in [6.07, 6.45) is 1.52. The number of nitrogens with zero attached hydrogens (tertiary/aromatic N) is 2. The molecule has 1 aromatic rings. The second-order valence-electron chi connectivity index (χ2n) is 5.07. The van der Waals surface area contributed by atoms with Crippen LogP contribution in [0.4, 0.5) is 0 Å². The Balaban J connectivity index is 0.00000242. The molecular formula is C17H21ClN2O2. The molecule has 0 N–H and O–H groups in total. The highest BCUT2D eigenvalue weighted by Crippen LogP contribution is 2.22. The van der Waals surface area contributed by atoms with Crippen LogP contribution >= 0.6 is 12.4 Å². The quantitative estimate of drug-likeness (QED) is 0.486. The van der Waals surface area contributed by atoms with Crippen molar-refractivity contribution in [1.29, 1.82) is 5.26 Å². The van der Waals surface area contributed by atoms with Crippen LogP contribution in [-0.2, 0) is 16.1 Å². The Bertz CT molecular complexity index is 554. The van der Waals surface area contributed by atoms with E-state index in [9.17, 15) is 4.79 Å². The fourth-order valence-electron chi connectivity index (χ4n) is 2.54. The Hall–Kier alpha value is -1.83. The SMILES string of the molecule is CCOC(=O)C(C#N)=C1CCN(Cc2ccccc2)CC1.Cl. The first-order valence-electron chi connectivity index (χ1n) is 7.30. The molecule has 0 radical (unpaired) electrons. The van der Waals surface area contributed by atoms with E-state index < -0.39 is 5.97 Å². The molecule has 0 aromatic heterocycles. The van der Waals surface area contributed by atoms with Crippen LogP contribution < -0.4 is 0 Å². The van der Waals surface area contributed by atoms with E-state index >= 15 is 0 Å². The molecule has 0 unspecified atom stereocenters. The molecule has 0 amide bonds. The predicted octanol–water partition coefficient (Wildman–Crippen LogP) is 3.09.